The van der Waals surface area contributed by atoms with Gasteiger partial charge in [0.1, 0.15) is 10.7 Å². The number of thiazole rings is 1. The molecular weight excluding hydrogens is 340 g/mol. The van der Waals surface area contributed by atoms with Crippen LogP contribution < -0.4 is 9.62 Å². The van der Waals surface area contributed by atoms with Crippen molar-refractivity contribution in [3.8, 4) is 0 Å². The number of sulfonamides is 1. The van der Waals surface area contributed by atoms with Crippen molar-refractivity contribution < 1.29 is 13.3 Å². The SMILES string of the molecule is CNS(=O)(=O)c1ccc(N(C)Cc2nc(C)cs2)c([N+](=O)[O-])c1. The molecule has 2 rings (SSSR count). The van der Waals surface area contributed by atoms with E-state index in [9.17, 15) is 18.5 Å². The van der Waals surface area contributed by atoms with E-state index in [1.54, 1.807) is 11.9 Å². The van der Waals surface area contributed by atoms with E-state index in [2.05, 4.69) is 9.71 Å². The first kappa shape index (κ1) is 17.3. The molecule has 1 N–H and O–H groups in total. The van der Waals surface area contributed by atoms with Crippen molar-refractivity contribution in [3.63, 3.8) is 0 Å². The van der Waals surface area contributed by atoms with Crippen LogP contribution in [0.1, 0.15) is 10.7 Å². The summed E-state index contributed by atoms with van der Waals surface area (Å²) in [4.78, 5) is 16.6. The Morgan fingerprint density at radius 1 is 1.43 bits per heavy atom. The van der Waals surface area contributed by atoms with Crippen LogP contribution in [0.25, 0.3) is 0 Å². The van der Waals surface area contributed by atoms with Gasteiger partial charge in [0.15, 0.2) is 0 Å². The minimum atomic E-state index is -3.74. The highest BCUT2D eigenvalue weighted by molar-refractivity contribution is 7.89. The molecule has 0 atom stereocenters. The molecule has 1 aromatic carbocycles. The molecule has 1 aromatic heterocycles. The largest absolute Gasteiger partial charge is 0.362 e. The van der Waals surface area contributed by atoms with Gasteiger partial charge >= 0.3 is 0 Å². The highest BCUT2D eigenvalue weighted by atomic mass is 32.2. The fourth-order valence-electron chi connectivity index (χ4n) is 2.02. The average molecular weight is 356 g/mol. The maximum absolute atomic E-state index is 11.8. The average Bonchev–Trinajstić information content (AvgIpc) is 2.91. The predicted molar refractivity (Wildman–Crippen MR) is 88.3 cm³/mol. The van der Waals surface area contributed by atoms with Crippen molar-refractivity contribution in [1.82, 2.24) is 9.71 Å². The third-order valence-corrected chi connectivity index (χ3v) is 5.54. The van der Waals surface area contributed by atoms with Gasteiger partial charge in [-0.1, -0.05) is 0 Å². The quantitative estimate of drug-likeness (QED) is 0.626. The summed E-state index contributed by atoms with van der Waals surface area (Å²) in [6.45, 7) is 2.28. The van der Waals surface area contributed by atoms with E-state index in [0.717, 1.165) is 16.8 Å². The van der Waals surface area contributed by atoms with Crippen LogP contribution in [0.4, 0.5) is 11.4 Å². The first-order valence-corrected chi connectivity index (χ1v) is 8.95. The molecule has 0 fully saturated rings. The van der Waals surface area contributed by atoms with Crippen LogP contribution in [0.5, 0.6) is 0 Å². The second-order valence-corrected chi connectivity index (χ2v) is 7.68. The number of aromatic nitrogens is 1. The number of hydrogen-bond acceptors (Lipinski definition) is 7. The number of nitrogens with one attached hydrogen (secondary N) is 1. The highest BCUT2D eigenvalue weighted by Gasteiger charge is 2.22. The molecule has 0 spiro atoms. The van der Waals surface area contributed by atoms with Gasteiger partial charge in [-0.15, -0.1) is 11.3 Å². The van der Waals surface area contributed by atoms with Crippen LogP contribution in [-0.2, 0) is 16.6 Å². The summed E-state index contributed by atoms with van der Waals surface area (Å²) in [6, 6.07) is 3.84. The van der Waals surface area contributed by atoms with Gasteiger partial charge in [0, 0.05) is 24.2 Å². The zero-order valence-corrected chi connectivity index (χ0v) is 14.4. The lowest BCUT2D eigenvalue weighted by Crippen LogP contribution is -2.20. The molecule has 0 aliphatic heterocycles. The predicted octanol–water partition coefficient (Wildman–Crippen LogP) is 1.90. The molecule has 0 saturated carbocycles. The maximum Gasteiger partial charge on any atom is 0.293 e. The van der Waals surface area contributed by atoms with Crippen LogP contribution in [0, 0.1) is 17.0 Å². The molecule has 0 aliphatic carbocycles. The second kappa shape index (κ2) is 6.60. The molecular formula is C13H16N4O4S2. The summed E-state index contributed by atoms with van der Waals surface area (Å²) in [5.74, 6) is 0. The molecule has 0 aliphatic rings. The lowest BCUT2D eigenvalue weighted by molar-refractivity contribution is -0.384. The third-order valence-electron chi connectivity index (χ3n) is 3.17. The lowest BCUT2D eigenvalue weighted by atomic mass is 10.2. The topological polar surface area (TPSA) is 105 Å². The van der Waals surface area contributed by atoms with Gasteiger partial charge in [0.25, 0.3) is 5.69 Å². The Kier molecular flexibility index (Phi) is 4.97. The van der Waals surface area contributed by atoms with Crippen LogP contribution in [0.15, 0.2) is 28.5 Å². The molecule has 0 saturated heterocycles. The summed E-state index contributed by atoms with van der Waals surface area (Å²) < 4.78 is 25.7. The maximum atomic E-state index is 11.8. The normalized spacial score (nSPS) is 11.4. The Hall–Kier alpha value is -2.04. The van der Waals surface area contributed by atoms with Crippen LogP contribution >= 0.6 is 11.3 Å². The van der Waals surface area contributed by atoms with Gasteiger partial charge in [-0.25, -0.2) is 18.1 Å². The van der Waals surface area contributed by atoms with Crippen molar-refractivity contribution in [1.29, 1.82) is 0 Å². The standard InChI is InChI=1S/C13H16N4O4S2/c1-9-8-22-13(15-9)7-16(3)11-5-4-10(23(20,21)14-2)6-12(11)17(18)19/h4-6,8,14H,7H2,1-3H3. The van der Waals surface area contributed by atoms with E-state index in [1.807, 2.05) is 12.3 Å². The van der Waals surface area contributed by atoms with Gasteiger partial charge in [-0.3, -0.25) is 10.1 Å². The van der Waals surface area contributed by atoms with Gasteiger partial charge in [-0.2, -0.15) is 0 Å². The van der Waals surface area contributed by atoms with Gasteiger partial charge < -0.3 is 4.90 Å². The molecule has 2 aromatic rings. The molecule has 23 heavy (non-hydrogen) atoms. The second-order valence-electron chi connectivity index (χ2n) is 4.85. The van der Waals surface area contributed by atoms with E-state index in [0.29, 0.717) is 12.2 Å². The van der Waals surface area contributed by atoms with E-state index in [4.69, 9.17) is 0 Å². The molecule has 0 bridgehead atoms. The Bertz CT molecular complexity index is 832. The Morgan fingerprint density at radius 2 is 2.13 bits per heavy atom. The van der Waals surface area contributed by atoms with Crippen molar-refractivity contribution >= 4 is 32.7 Å². The zero-order valence-electron chi connectivity index (χ0n) is 12.8. The van der Waals surface area contributed by atoms with Gasteiger partial charge in [0.05, 0.1) is 16.4 Å². The molecule has 8 nitrogen and oxygen atoms in total. The van der Waals surface area contributed by atoms with Crippen LogP contribution in [0.2, 0.25) is 0 Å². The summed E-state index contributed by atoms with van der Waals surface area (Å²) in [6.07, 6.45) is 0. The Balaban J connectivity index is 2.39. The molecule has 0 radical (unpaired) electrons. The summed E-state index contributed by atoms with van der Waals surface area (Å²) in [7, 11) is -0.780. The van der Waals surface area contributed by atoms with Crippen molar-refractivity contribution in [3.05, 3.63) is 44.4 Å². The van der Waals surface area contributed by atoms with Gasteiger partial charge in [-0.05, 0) is 26.1 Å². The van der Waals surface area contributed by atoms with Crippen LogP contribution in [0.3, 0.4) is 0 Å². The van der Waals surface area contributed by atoms with Gasteiger partial charge in [0.2, 0.25) is 10.0 Å². The number of rotatable bonds is 6. The van der Waals surface area contributed by atoms with E-state index >= 15 is 0 Å². The summed E-state index contributed by atoms with van der Waals surface area (Å²) >= 11 is 1.47. The van der Waals surface area contributed by atoms with E-state index < -0.39 is 14.9 Å². The molecule has 0 amide bonds. The minimum Gasteiger partial charge on any atom is -0.362 e. The van der Waals surface area contributed by atoms with E-state index in [1.165, 1.54) is 30.5 Å². The minimum absolute atomic E-state index is 0.144. The first-order chi connectivity index (χ1) is 10.7. The Morgan fingerprint density at radius 3 is 2.65 bits per heavy atom. The van der Waals surface area contributed by atoms with Crippen molar-refractivity contribution in [2.45, 2.75) is 18.4 Å². The molecule has 124 valence electrons. The number of aryl methyl sites for hydroxylation is 1. The Labute approximate surface area is 138 Å². The molecule has 10 heteroatoms. The van der Waals surface area contributed by atoms with Crippen molar-refractivity contribution in [2.24, 2.45) is 0 Å². The smallest absolute Gasteiger partial charge is 0.293 e. The third kappa shape index (κ3) is 3.84. The number of nitrogens with zero attached hydrogens (tertiary/aromatic N) is 3. The number of nitro groups is 1. The number of hydrogen-bond donors (Lipinski definition) is 1. The first-order valence-electron chi connectivity index (χ1n) is 6.58. The lowest BCUT2D eigenvalue weighted by Gasteiger charge is -2.18. The fraction of sp³-hybridized carbons (Fsp3) is 0.308. The zero-order chi connectivity index (χ0) is 17.2. The van der Waals surface area contributed by atoms with E-state index in [-0.39, 0.29) is 10.6 Å². The highest BCUT2D eigenvalue weighted by Crippen LogP contribution is 2.31. The number of benzene rings is 1. The monoisotopic (exact) mass is 356 g/mol. The molecule has 0 unspecified atom stereocenters. The summed E-state index contributed by atoms with van der Waals surface area (Å²) in [5.41, 5.74) is 0.957. The molecule has 1 heterocycles. The summed E-state index contributed by atoms with van der Waals surface area (Å²) in [5, 5.41) is 14.0. The van der Waals surface area contributed by atoms with Crippen molar-refractivity contribution in [2.75, 3.05) is 19.0 Å². The number of anilines is 1. The number of nitro benzene ring substituents is 1. The van der Waals surface area contributed by atoms with Crippen LogP contribution in [-0.4, -0.2) is 32.4 Å². The fourth-order valence-corrected chi connectivity index (χ4v) is 3.59.